The zero-order chi connectivity index (χ0) is 12.4. The third kappa shape index (κ3) is 2.36. The summed E-state index contributed by atoms with van der Waals surface area (Å²) in [5.74, 6) is 1.04. The molecule has 4 heteroatoms. The van der Waals surface area contributed by atoms with E-state index in [1.165, 1.54) is 14.3 Å². The first kappa shape index (κ1) is 12.0. The van der Waals surface area contributed by atoms with Gasteiger partial charge in [-0.05, 0) is 36.2 Å². The topological polar surface area (TPSA) is 25.2 Å². The zero-order valence-corrected chi connectivity index (χ0v) is 11.8. The van der Waals surface area contributed by atoms with Gasteiger partial charge >= 0.3 is 0 Å². The van der Waals surface area contributed by atoms with E-state index in [-0.39, 0.29) is 0 Å². The van der Waals surface area contributed by atoms with Gasteiger partial charge in [-0.15, -0.1) is 22.7 Å². The molecule has 0 saturated heterocycles. The number of nitrogens with one attached hydrogen (secondary N) is 1. The van der Waals surface area contributed by atoms with E-state index in [9.17, 15) is 0 Å². The smallest absolute Gasteiger partial charge is 0.105 e. The Morgan fingerprint density at radius 3 is 3.00 bits per heavy atom. The van der Waals surface area contributed by atoms with Crippen LogP contribution in [-0.2, 0) is 6.42 Å². The van der Waals surface area contributed by atoms with Gasteiger partial charge in [0.2, 0.25) is 0 Å². The summed E-state index contributed by atoms with van der Waals surface area (Å²) in [6, 6.07) is 8.85. The lowest BCUT2D eigenvalue weighted by atomic mass is 10.1. The van der Waals surface area contributed by atoms with Crippen LogP contribution in [-0.4, -0.2) is 6.54 Å². The molecule has 0 amide bonds. The monoisotopic (exact) mass is 277 g/mol. The molecule has 18 heavy (non-hydrogen) atoms. The van der Waals surface area contributed by atoms with Crippen molar-refractivity contribution in [3.8, 4) is 0 Å². The average Bonchev–Trinajstić information content (AvgIpc) is 3.04. The molecule has 1 unspecified atom stereocenters. The Kier molecular flexibility index (Phi) is 3.50. The Balaban J connectivity index is 1.86. The van der Waals surface area contributed by atoms with Crippen molar-refractivity contribution in [2.45, 2.75) is 19.4 Å². The van der Waals surface area contributed by atoms with Crippen LogP contribution >= 0.6 is 22.7 Å². The summed E-state index contributed by atoms with van der Waals surface area (Å²) >= 11 is 3.69. The Hall–Kier alpha value is -1.10. The van der Waals surface area contributed by atoms with E-state index in [1.807, 2.05) is 34.8 Å². The average molecular weight is 277 g/mol. The molecule has 0 radical (unpaired) electrons. The summed E-state index contributed by atoms with van der Waals surface area (Å²) in [4.78, 5) is 1.40. The first-order chi connectivity index (χ1) is 8.86. The molecular formula is C14H15NOS2. The highest BCUT2D eigenvalue weighted by Crippen LogP contribution is 2.34. The molecule has 0 aliphatic heterocycles. The Labute approximate surface area is 114 Å². The number of hydrogen-bond acceptors (Lipinski definition) is 4. The molecule has 0 aliphatic carbocycles. The molecule has 0 aliphatic rings. The second-order valence-corrected chi connectivity index (χ2v) is 6.25. The first-order valence-electron chi connectivity index (χ1n) is 6.09. The summed E-state index contributed by atoms with van der Waals surface area (Å²) in [5.41, 5.74) is 0. The number of fused-ring (bicyclic) bond motifs is 1. The Morgan fingerprint density at radius 1 is 1.33 bits per heavy atom. The van der Waals surface area contributed by atoms with Crippen molar-refractivity contribution in [2.75, 3.05) is 6.54 Å². The van der Waals surface area contributed by atoms with Crippen molar-refractivity contribution in [1.82, 2.24) is 5.32 Å². The van der Waals surface area contributed by atoms with Gasteiger partial charge in [0, 0.05) is 26.7 Å². The van der Waals surface area contributed by atoms with Crippen LogP contribution in [0.3, 0.4) is 0 Å². The van der Waals surface area contributed by atoms with Crippen LogP contribution in [0.1, 0.15) is 23.6 Å². The largest absolute Gasteiger partial charge is 0.469 e. The van der Waals surface area contributed by atoms with Gasteiger partial charge in [0.05, 0.1) is 6.26 Å². The van der Waals surface area contributed by atoms with Crippen LogP contribution in [0.15, 0.2) is 40.3 Å². The van der Waals surface area contributed by atoms with Crippen LogP contribution in [0.2, 0.25) is 0 Å². The molecule has 3 aromatic heterocycles. The van der Waals surface area contributed by atoms with Crippen molar-refractivity contribution in [1.29, 1.82) is 0 Å². The van der Waals surface area contributed by atoms with E-state index < -0.39 is 0 Å². The lowest BCUT2D eigenvalue weighted by molar-refractivity contribution is 0.458. The maximum Gasteiger partial charge on any atom is 0.105 e. The normalized spacial score (nSPS) is 13.2. The second-order valence-electron chi connectivity index (χ2n) is 4.19. The van der Waals surface area contributed by atoms with Gasteiger partial charge in [-0.3, -0.25) is 0 Å². The molecule has 3 aromatic rings. The van der Waals surface area contributed by atoms with Gasteiger partial charge in [-0.1, -0.05) is 6.92 Å². The fraction of sp³-hybridized carbons (Fsp3) is 0.286. The zero-order valence-electron chi connectivity index (χ0n) is 10.2. The number of rotatable bonds is 5. The molecule has 3 heterocycles. The number of hydrogen-bond donors (Lipinski definition) is 1. The minimum atomic E-state index is 0.353. The van der Waals surface area contributed by atoms with E-state index in [0.717, 1.165) is 18.7 Å². The number of likely N-dealkylation sites (N-methyl/N-ethyl adjacent to an activating group) is 1. The summed E-state index contributed by atoms with van der Waals surface area (Å²) in [7, 11) is 0. The quantitative estimate of drug-likeness (QED) is 0.745. The molecule has 0 aromatic carbocycles. The van der Waals surface area contributed by atoms with Crippen LogP contribution in [0.4, 0.5) is 0 Å². The second kappa shape index (κ2) is 5.26. The Morgan fingerprint density at radius 2 is 2.28 bits per heavy atom. The van der Waals surface area contributed by atoms with Crippen molar-refractivity contribution in [3.63, 3.8) is 0 Å². The van der Waals surface area contributed by atoms with E-state index in [1.54, 1.807) is 6.26 Å². The number of furan rings is 1. The highest BCUT2D eigenvalue weighted by Gasteiger charge is 2.16. The molecule has 3 rings (SSSR count). The van der Waals surface area contributed by atoms with Crippen LogP contribution in [0.5, 0.6) is 0 Å². The van der Waals surface area contributed by atoms with Crippen molar-refractivity contribution in [2.24, 2.45) is 0 Å². The highest BCUT2D eigenvalue weighted by atomic mass is 32.1. The highest BCUT2D eigenvalue weighted by molar-refractivity contribution is 7.26. The van der Waals surface area contributed by atoms with Crippen LogP contribution < -0.4 is 5.32 Å². The minimum Gasteiger partial charge on any atom is -0.469 e. The lowest BCUT2D eigenvalue weighted by Crippen LogP contribution is -2.21. The van der Waals surface area contributed by atoms with Crippen molar-refractivity contribution in [3.05, 3.63) is 46.5 Å². The maximum absolute atomic E-state index is 5.45. The molecular weight excluding hydrogens is 262 g/mol. The molecule has 0 bridgehead atoms. The summed E-state index contributed by atoms with van der Waals surface area (Å²) < 4.78 is 8.23. The fourth-order valence-electron chi connectivity index (χ4n) is 2.11. The van der Waals surface area contributed by atoms with Crippen molar-refractivity contribution >= 4 is 32.1 Å². The SMILES string of the molecule is CCNC(Cc1ccco1)c1cc2sccc2s1. The maximum atomic E-state index is 5.45. The summed E-state index contributed by atoms with van der Waals surface area (Å²) in [6.07, 6.45) is 2.65. The third-order valence-corrected chi connectivity index (χ3v) is 5.14. The van der Waals surface area contributed by atoms with Gasteiger partial charge < -0.3 is 9.73 Å². The van der Waals surface area contributed by atoms with Gasteiger partial charge in [-0.25, -0.2) is 0 Å². The van der Waals surface area contributed by atoms with Crippen LogP contribution in [0.25, 0.3) is 9.40 Å². The van der Waals surface area contributed by atoms with E-state index in [2.05, 4.69) is 29.8 Å². The lowest BCUT2D eigenvalue weighted by Gasteiger charge is -2.14. The fourth-order valence-corrected chi connectivity index (χ4v) is 4.30. The predicted molar refractivity (Wildman–Crippen MR) is 78.5 cm³/mol. The van der Waals surface area contributed by atoms with Gasteiger partial charge in [0.1, 0.15) is 5.76 Å². The standard InChI is InChI=1S/C14H15NOS2/c1-2-15-11(8-10-4-3-6-16-10)13-9-14-12(18-13)5-7-17-14/h3-7,9,11,15H,2,8H2,1H3. The molecule has 0 saturated carbocycles. The third-order valence-electron chi connectivity index (χ3n) is 2.94. The Bertz CT molecular complexity index is 580. The van der Waals surface area contributed by atoms with Gasteiger partial charge in [0.15, 0.2) is 0 Å². The van der Waals surface area contributed by atoms with E-state index >= 15 is 0 Å². The predicted octanol–water partition coefficient (Wildman–Crippen LogP) is 4.45. The molecule has 94 valence electrons. The molecule has 0 fully saturated rings. The van der Waals surface area contributed by atoms with E-state index in [4.69, 9.17) is 4.42 Å². The molecule has 0 spiro atoms. The summed E-state index contributed by atoms with van der Waals surface area (Å²) in [6.45, 7) is 3.11. The molecule has 1 atom stereocenters. The minimum absolute atomic E-state index is 0.353. The van der Waals surface area contributed by atoms with E-state index in [0.29, 0.717) is 6.04 Å². The van der Waals surface area contributed by atoms with Crippen LogP contribution in [0, 0.1) is 0 Å². The number of thiophene rings is 2. The van der Waals surface area contributed by atoms with Crippen molar-refractivity contribution < 1.29 is 4.42 Å². The summed E-state index contributed by atoms with van der Waals surface area (Å²) in [5, 5.41) is 5.70. The van der Waals surface area contributed by atoms with Gasteiger partial charge in [-0.2, -0.15) is 0 Å². The molecule has 2 nitrogen and oxygen atoms in total. The van der Waals surface area contributed by atoms with Gasteiger partial charge in [0.25, 0.3) is 0 Å². The molecule has 1 N–H and O–H groups in total. The first-order valence-corrected chi connectivity index (χ1v) is 7.79.